The van der Waals surface area contributed by atoms with E-state index in [1.54, 1.807) is 0 Å². The van der Waals surface area contributed by atoms with Crippen LogP contribution < -0.4 is 4.74 Å². The molecule has 6 heteroatoms. The third-order valence-corrected chi connectivity index (χ3v) is 8.95. The quantitative estimate of drug-likeness (QED) is 0.136. The van der Waals surface area contributed by atoms with Crippen molar-refractivity contribution in [2.24, 2.45) is 5.92 Å². The molecular formula is C42H40N4OPt. The van der Waals surface area contributed by atoms with Crippen LogP contribution in [0.4, 0.5) is 0 Å². The Hall–Kier alpha value is -4.47. The average Bonchev–Trinajstić information content (AvgIpc) is 3.56. The predicted octanol–water partition coefficient (Wildman–Crippen LogP) is 10.5. The third kappa shape index (κ3) is 6.49. The van der Waals surface area contributed by atoms with Crippen molar-refractivity contribution in [3.8, 4) is 34.1 Å². The summed E-state index contributed by atoms with van der Waals surface area (Å²) in [5, 5.41) is 7.30. The molecule has 48 heavy (non-hydrogen) atoms. The molecule has 0 saturated carbocycles. The van der Waals surface area contributed by atoms with Gasteiger partial charge in [0.2, 0.25) is 0 Å². The van der Waals surface area contributed by atoms with Crippen LogP contribution in [0, 0.1) is 38.8 Å². The monoisotopic (exact) mass is 811 g/mol. The summed E-state index contributed by atoms with van der Waals surface area (Å²) in [5.41, 5.74) is 10.9. The molecule has 0 aliphatic carbocycles. The van der Waals surface area contributed by atoms with Crippen molar-refractivity contribution in [2.45, 2.75) is 60.8 Å². The van der Waals surface area contributed by atoms with E-state index in [1.165, 1.54) is 16.5 Å². The Balaban J connectivity index is 0.00000401. The standard InChI is InChI=1S/C42H40N4O.Pt/c1-7-31-15-18-39-38(24-31)37-17-16-35(26-40(37)45(39)41-21-28(4)19-20-43-41)47-36-23-32(14-13-27(2)3)22-34(25-36)46-30(6)42(29(5)44-46)33-11-9-8-10-12-33;/h8-12,15-24,27H,7,13-14H2,1-6H3;/q-2;+2. The molecule has 0 aliphatic heterocycles. The maximum Gasteiger partial charge on any atom is 2.00 e. The largest absolute Gasteiger partial charge is 2.00 e. The molecule has 0 spiro atoms. The first-order valence-electron chi connectivity index (χ1n) is 16.6. The molecular weight excluding hydrogens is 772 g/mol. The number of aryl methyl sites for hydroxylation is 4. The van der Waals surface area contributed by atoms with Gasteiger partial charge in [0.25, 0.3) is 0 Å². The number of nitrogens with zero attached hydrogens (tertiary/aromatic N) is 4. The molecule has 3 aromatic heterocycles. The van der Waals surface area contributed by atoms with Gasteiger partial charge in [-0.15, -0.1) is 35.7 Å². The second-order valence-electron chi connectivity index (χ2n) is 12.9. The van der Waals surface area contributed by atoms with Gasteiger partial charge in [-0.2, -0.15) is 16.7 Å². The van der Waals surface area contributed by atoms with Gasteiger partial charge in [-0.25, -0.2) is 4.98 Å². The molecule has 0 N–H and O–H groups in total. The fourth-order valence-electron chi connectivity index (χ4n) is 6.50. The van der Waals surface area contributed by atoms with Gasteiger partial charge in [-0.1, -0.05) is 75.2 Å². The molecule has 0 saturated heterocycles. The van der Waals surface area contributed by atoms with E-state index in [-0.39, 0.29) is 21.1 Å². The van der Waals surface area contributed by atoms with Crippen LogP contribution in [0.1, 0.15) is 55.3 Å². The van der Waals surface area contributed by atoms with Gasteiger partial charge in [0.15, 0.2) is 0 Å². The van der Waals surface area contributed by atoms with Crippen molar-refractivity contribution >= 4 is 21.8 Å². The molecule has 0 aliphatic rings. The van der Waals surface area contributed by atoms with Crippen LogP contribution in [-0.4, -0.2) is 19.3 Å². The molecule has 4 aromatic carbocycles. The molecule has 0 atom stereocenters. The molecule has 0 unspecified atom stereocenters. The number of hydrogen-bond acceptors (Lipinski definition) is 3. The van der Waals surface area contributed by atoms with E-state index in [9.17, 15) is 0 Å². The SMILES string of the molecule is CCc1ccc2c(c1)c1ccc(Oc3[c-]c(-n4nc(C)c(-c5ccccc5)c4C)cc(CCC(C)C)c3)[c-]c1n2-c1cc(C)ccn1.[Pt+2]. The van der Waals surface area contributed by atoms with E-state index >= 15 is 0 Å². The van der Waals surface area contributed by atoms with Crippen LogP contribution in [0.5, 0.6) is 11.5 Å². The molecule has 0 radical (unpaired) electrons. The number of fused-ring (bicyclic) bond motifs is 3. The van der Waals surface area contributed by atoms with E-state index < -0.39 is 0 Å². The van der Waals surface area contributed by atoms with Gasteiger partial charge < -0.3 is 9.30 Å². The molecule has 5 nitrogen and oxygen atoms in total. The predicted molar refractivity (Wildman–Crippen MR) is 192 cm³/mol. The summed E-state index contributed by atoms with van der Waals surface area (Å²) in [6.45, 7) is 13.0. The maximum absolute atomic E-state index is 6.63. The van der Waals surface area contributed by atoms with Crippen molar-refractivity contribution in [3.63, 3.8) is 0 Å². The second kappa shape index (κ2) is 13.9. The summed E-state index contributed by atoms with van der Waals surface area (Å²) in [4.78, 5) is 4.76. The van der Waals surface area contributed by atoms with Crippen LogP contribution in [-0.2, 0) is 33.9 Å². The first kappa shape index (κ1) is 33.4. The van der Waals surface area contributed by atoms with Gasteiger partial charge in [0.1, 0.15) is 5.82 Å². The number of benzene rings is 4. The molecule has 0 fully saturated rings. The van der Waals surface area contributed by atoms with Gasteiger partial charge in [0, 0.05) is 34.5 Å². The number of hydrogen-bond donors (Lipinski definition) is 0. The van der Waals surface area contributed by atoms with Crippen molar-refractivity contribution in [1.29, 1.82) is 0 Å². The van der Waals surface area contributed by atoms with Gasteiger partial charge in [0.05, 0.1) is 5.69 Å². The first-order chi connectivity index (χ1) is 22.8. The topological polar surface area (TPSA) is 44.9 Å². The van der Waals surface area contributed by atoms with Crippen LogP contribution in [0.2, 0.25) is 0 Å². The van der Waals surface area contributed by atoms with Crippen LogP contribution in [0.15, 0.2) is 91.1 Å². The molecule has 7 aromatic rings. The Kier molecular flexibility index (Phi) is 9.71. The Labute approximate surface area is 297 Å². The van der Waals surface area contributed by atoms with E-state index in [2.05, 4.69) is 125 Å². The van der Waals surface area contributed by atoms with E-state index in [1.807, 2.05) is 29.1 Å². The molecule has 0 bridgehead atoms. The zero-order chi connectivity index (χ0) is 32.7. The van der Waals surface area contributed by atoms with Crippen LogP contribution >= 0.6 is 0 Å². The molecule has 244 valence electrons. The Bertz CT molecular complexity index is 2230. The third-order valence-electron chi connectivity index (χ3n) is 8.95. The minimum Gasteiger partial charge on any atom is -0.509 e. The fraction of sp³-hybridized carbons (Fsp3) is 0.238. The normalized spacial score (nSPS) is 11.4. The van der Waals surface area contributed by atoms with E-state index in [0.29, 0.717) is 17.4 Å². The smallest absolute Gasteiger partial charge is 0.509 e. The Morgan fingerprint density at radius 2 is 1.62 bits per heavy atom. The summed E-state index contributed by atoms with van der Waals surface area (Å²) in [6, 6.07) is 36.9. The van der Waals surface area contributed by atoms with Crippen molar-refractivity contribution in [1.82, 2.24) is 19.3 Å². The van der Waals surface area contributed by atoms with Crippen molar-refractivity contribution in [3.05, 3.63) is 131 Å². The summed E-state index contributed by atoms with van der Waals surface area (Å²) in [6.07, 6.45) is 4.86. The molecule has 0 amide bonds. The van der Waals surface area contributed by atoms with Crippen LogP contribution in [0.25, 0.3) is 44.4 Å². The number of pyridine rings is 1. The average molecular weight is 812 g/mol. The fourth-order valence-corrected chi connectivity index (χ4v) is 6.50. The van der Waals surface area contributed by atoms with Crippen molar-refractivity contribution in [2.75, 3.05) is 0 Å². The minimum absolute atomic E-state index is 0. The van der Waals surface area contributed by atoms with Crippen LogP contribution in [0.3, 0.4) is 0 Å². The Morgan fingerprint density at radius 3 is 2.38 bits per heavy atom. The molecule has 3 heterocycles. The maximum atomic E-state index is 6.63. The zero-order valence-corrected chi connectivity index (χ0v) is 30.6. The number of rotatable bonds is 9. The van der Waals surface area contributed by atoms with E-state index in [0.717, 1.165) is 75.3 Å². The summed E-state index contributed by atoms with van der Waals surface area (Å²) < 4.78 is 10.8. The van der Waals surface area contributed by atoms with Gasteiger partial charge in [-0.3, -0.25) is 4.68 Å². The van der Waals surface area contributed by atoms with E-state index in [4.69, 9.17) is 14.8 Å². The summed E-state index contributed by atoms with van der Waals surface area (Å²) >= 11 is 0. The second-order valence-corrected chi connectivity index (χ2v) is 12.9. The van der Waals surface area contributed by atoms with Gasteiger partial charge in [-0.05, 0) is 85.5 Å². The Morgan fingerprint density at radius 1 is 0.812 bits per heavy atom. The number of aromatic nitrogens is 4. The van der Waals surface area contributed by atoms with Crippen molar-refractivity contribution < 1.29 is 25.8 Å². The minimum atomic E-state index is 0. The molecule has 7 rings (SSSR count). The summed E-state index contributed by atoms with van der Waals surface area (Å²) in [7, 11) is 0. The number of ether oxygens (including phenoxy) is 1. The summed E-state index contributed by atoms with van der Waals surface area (Å²) in [5.74, 6) is 2.74. The zero-order valence-electron chi connectivity index (χ0n) is 28.4. The first-order valence-corrected chi connectivity index (χ1v) is 16.6. The van der Waals surface area contributed by atoms with Gasteiger partial charge >= 0.3 is 21.1 Å².